The number of hydrogen-bond donors (Lipinski definition) is 1. The van der Waals surface area contributed by atoms with E-state index in [1.807, 2.05) is 13.1 Å². The molecule has 0 aliphatic carbocycles. The van der Waals surface area contributed by atoms with Crippen molar-refractivity contribution in [1.82, 2.24) is 9.78 Å². The van der Waals surface area contributed by atoms with Gasteiger partial charge in [0.15, 0.2) is 17.3 Å². The topological polar surface area (TPSA) is 74.6 Å². The van der Waals surface area contributed by atoms with Crippen LogP contribution in [-0.2, 0) is 6.54 Å². The molecule has 1 aromatic heterocycles. The molecule has 1 heterocycles. The van der Waals surface area contributed by atoms with E-state index < -0.39 is 0 Å². The number of anilines is 1. The molecule has 1 N–H and O–H groups in total. The van der Waals surface area contributed by atoms with E-state index in [4.69, 9.17) is 14.2 Å². The average Bonchev–Trinajstić information content (AvgIpc) is 3.14. The summed E-state index contributed by atoms with van der Waals surface area (Å²) in [5.74, 6) is 1.26. The molecular formula is C21H23N3O4. The lowest BCUT2D eigenvalue weighted by molar-refractivity contribution is 0.102. The summed E-state index contributed by atoms with van der Waals surface area (Å²) in [4.78, 5) is 12.7. The molecule has 28 heavy (non-hydrogen) atoms. The molecule has 3 rings (SSSR count). The highest BCUT2D eigenvalue weighted by atomic mass is 16.5. The Labute approximate surface area is 163 Å². The molecule has 0 spiro atoms. The van der Waals surface area contributed by atoms with Crippen LogP contribution in [0.5, 0.6) is 17.2 Å². The maximum Gasteiger partial charge on any atom is 0.260 e. The summed E-state index contributed by atoms with van der Waals surface area (Å²) in [7, 11) is 4.50. The fourth-order valence-corrected chi connectivity index (χ4v) is 2.86. The molecule has 0 atom stereocenters. The van der Waals surface area contributed by atoms with Crippen LogP contribution >= 0.6 is 0 Å². The van der Waals surface area contributed by atoms with Crippen molar-refractivity contribution in [3.8, 4) is 17.2 Å². The van der Waals surface area contributed by atoms with Gasteiger partial charge in [-0.2, -0.15) is 5.10 Å². The van der Waals surface area contributed by atoms with Crippen molar-refractivity contribution in [2.24, 2.45) is 0 Å². The van der Waals surface area contributed by atoms with Crippen LogP contribution < -0.4 is 19.5 Å². The molecular weight excluding hydrogens is 358 g/mol. The molecule has 0 saturated heterocycles. The molecule has 7 heteroatoms. The number of nitrogens with one attached hydrogen (secondary N) is 1. The Morgan fingerprint density at radius 2 is 1.68 bits per heavy atom. The highest BCUT2D eigenvalue weighted by Gasteiger charge is 2.21. The zero-order valence-corrected chi connectivity index (χ0v) is 16.4. The third-order valence-electron chi connectivity index (χ3n) is 4.30. The average molecular weight is 381 g/mol. The molecule has 146 valence electrons. The highest BCUT2D eigenvalue weighted by molar-refractivity contribution is 6.06. The normalized spacial score (nSPS) is 10.4. The van der Waals surface area contributed by atoms with E-state index in [0.717, 1.165) is 5.56 Å². The van der Waals surface area contributed by atoms with Crippen LogP contribution in [0.1, 0.15) is 21.5 Å². The predicted octanol–water partition coefficient (Wildman–Crippen LogP) is 3.52. The van der Waals surface area contributed by atoms with E-state index in [9.17, 15) is 4.79 Å². The largest absolute Gasteiger partial charge is 0.493 e. The number of carbonyl (C=O) groups is 1. The van der Waals surface area contributed by atoms with Gasteiger partial charge in [0.2, 0.25) is 5.75 Å². The van der Waals surface area contributed by atoms with Gasteiger partial charge in [0.05, 0.1) is 33.4 Å². The molecule has 2 aromatic carbocycles. The molecule has 0 saturated carbocycles. The Morgan fingerprint density at radius 3 is 2.32 bits per heavy atom. The van der Waals surface area contributed by atoms with Gasteiger partial charge >= 0.3 is 0 Å². The molecule has 1 amide bonds. The molecule has 0 bridgehead atoms. The predicted molar refractivity (Wildman–Crippen MR) is 107 cm³/mol. The van der Waals surface area contributed by atoms with Crippen molar-refractivity contribution in [3.63, 3.8) is 0 Å². The van der Waals surface area contributed by atoms with E-state index in [2.05, 4.69) is 34.7 Å². The minimum absolute atomic E-state index is 0.304. The van der Waals surface area contributed by atoms with E-state index in [1.165, 1.54) is 26.9 Å². The number of nitrogens with zero attached hydrogens (tertiary/aromatic N) is 2. The molecule has 0 unspecified atom stereocenters. The number of aromatic nitrogens is 2. The van der Waals surface area contributed by atoms with Crippen molar-refractivity contribution in [2.45, 2.75) is 13.5 Å². The SMILES string of the molecule is COc1ccc(C(=O)Nc2ccn(Cc3ccc(C)cc3)n2)c(OC)c1OC. The van der Waals surface area contributed by atoms with Crippen molar-refractivity contribution in [1.29, 1.82) is 0 Å². The number of rotatable bonds is 7. The Kier molecular flexibility index (Phi) is 5.84. The Morgan fingerprint density at radius 1 is 0.964 bits per heavy atom. The first-order valence-electron chi connectivity index (χ1n) is 8.75. The number of methoxy groups -OCH3 is 3. The van der Waals surface area contributed by atoms with Crippen molar-refractivity contribution < 1.29 is 19.0 Å². The number of ether oxygens (including phenoxy) is 3. The Hall–Kier alpha value is -3.48. The van der Waals surface area contributed by atoms with Crippen LogP contribution in [0.4, 0.5) is 5.82 Å². The summed E-state index contributed by atoms with van der Waals surface area (Å²) < 4.78 is 17.7. The van der Waals surface area contributed by atoms with Gasteiger partial charge in [0, 0.05) is 12.3 Å². The molecule has 0 fully saturated rings. The van der Waals surface area contributed by atoms with Crippen LogP contribution in [0.3, 0.4) is 0 Å². The van der Waals surface area contributed by atoms with Gasteiger partial charge in [-0.15, -0.1) is 0 Å². The summed E-state index contributed by atoms with van der Waals surface area (Å²) in [6.45, 7) is 2.67. The van der Waals surface area contributed by atoms with Crippen LogP contribution in [0, 0.1) is 6.92 Å². The molecule has 0 radical (unpaired) electrons. The number of benzene rings is 2. The van der Waals surface area contributed by atoms with Crippen LogP contribution in [0.25, 0.3) is 0 Å². The van der Waals surface area contributed by atoms with E-state index >= 15 is 0 Å². The summed E-state index contributed by atoms with van der Waals surface area (Å²) in [5, 5.41) is 7.20. The summed E-state index contributed by atoms with van der Waals surface area (Å²) in [6, 6.07) is 13.3. The monoisotopic (exact) mass is 381 g/mol. The Bertz CT molecular complexity index is 964. The minimum atomic E-state index is -0.349. The third kappa shape index (κ3) is 4.09. The lowest BCUT2D eigenvalue weighted by Crippen LogP contribution is -2.14. The maximum absolute atomic E-state index is 12.7. The Balaban J connectivity index is 1.77. The van der Waals surface area contributed by atoms with Gasteiger partial charge in [-0.05, 0) is 24.6 Å². The second-order valence-corrected chi connectivity index (χ2v) is 6.22. The summed E-state index contributed by atoms with van der Waals surface area (Å²) in [5.41, 5.74) is 2.67. The van der Waals surface area contributed by atoms with Gasteiger partial charge in [0.1, 0.15) is 0 Å². The smallest absolute Gasteiger partial charge is 0.260 e. The zero-order valence-electron chi connectivity index (χ0n) is 16.4. The van der Waals surface area contributed by atoms with Gasteiger partial charge in [-0.25, -0.2) is 0 Å². The summed E-state index contributed by atoms with van der Waals surface area (Å²) >= 11 is 0. The first-order chi connectivity index (χ1) is 13.5. The van der Waals surface area contributed by atoms with Crippen LogP contribution in [0.15, 0.2) is 48.7 Å². The molecule has 0 aliphatic heterocycles. The van der Waals surface area contributed by atoms with Gasteiger partial charge < -0.3 is 19.5 Å². The minimum Gasteiger partial charge on any atom is -0.493 e. The standard InChI is InChI=1S/C21H23N3O4/c1-14-5-7-15(8-6-14)13-24-12-11-18(23-24)22-21(25)16-9-10-17(26-2)20(28-4)19(16)27-3/h5-12H,13H2,1-4H3,(H,22,23,25). The van der Waals surface area contributed by atoms with Gasteiger partial charge in [0.25, 0.3) is 5.91 Å². The maximum atomic E-state index is 12.7. The molecule has 7 nitrogen and oxygen atoms in total. The van der Waals surface area contributed by atoms with Gasteiger partial charge in [-0.1, -0.05) is 29.8 Å². The number of amides is 1. The van der Waals surface area contributed by atoms with Crippen molar-refractivity contribution >= 4 is 11.7 Å². The highest BCUT2D eigenvalue weighted by Crippen LogP contribution is 2.39. The fourth-order valence-electron chi connectivity index (χ4n) is 2.86. The lowest BCUT2D eigenvalue weighted by atomic mass is 10.1. The number of carbonyl (C=O) groups excluding carboxylic acids is 1. The number of hydrogen-bond acceptors (Lipinski definition) is 5. The first kappa shape index (κ1) is 19.3. The second kappa shape index (κ2) is 8.47. The zero-order chi connectivity index (χ0) is 20.1. The van der Waals surface area contributed by atoms with Crippen molar-refractivity contribution in [3.05, 3.63) is 65.4 Å². The number of aryl methyl sites for hydroxylation is 1. The van der Waals surface area contributed by atoms with Crippen LogP contribution in [-0.4, -0.2) is 37.0 Å². The molecule has 0 aliphatic rings. The quantitative estimate of drug-likeness (QED) is 0.678. The van der Waals surface area contributed by atoms with Crippen LogP contribution in [0.2, 0.25) is 0 Å². The summed E-state index contributed by atoms with van der Waals surface area (Å²) in [6.07, 6.45) is 1.82. The van der Waals surface area contributed by atoms with E-state index in [1.54, 1.807) is 22.9 Å². The fraction of sp³-hybridized carbons (Fsp3) is 0.238. The lowest BCUT2D eigenvalue weighted by Gasteiger charge is -2.15. The van der Waals surface area contributed by atoms with Crippen molar-refractivity contribution in [2.75, 3.05) is 26.6 Å². The molecule has 3 aromatic rings. The van der Waals surface area contributed by atoms with Gasteiger partial charge in [-0.3, -0.25) is 9.48 Å². The van der Waals surface area contributed by atoms with E-state index in [-0.39, 0.29) is 5.91 Å². The second-order valence-electron chi connectivity index (χ2n) is 6.22. The first-order valence-corrected chi connectivity index (χ1v) is 8.75. The third-order valence-corrected chi connectivity index (χ3v) is 4.30. The van der Waals surface area contributed by atoms with E-state index in [0.29, 0.717) is 35.2 Å².